The van der Waals surface area contributed by atoms with Crippen LogP contribution in [0, 0.1) is 11.8 Å². The average Bonchev–Trinajstić information content (AvgIpc) is 3.45. The number of likely N-dealkylation sites (tertiary alicyclic amines) is 1. The van der Waals surface area contributed by atoms with Crippen molar-refractivity contribution in [3.63, 3.8) is 0 Å². The van der Waals surface area contributed by atoms with Crippen LogP contribution in [0.15, 0.2) is 18.2 Å². The van der Waals surface area contributed by atoms with Crippen LogP contribution in [0.5, 0.6) is 5.75 Å². The molecule has 214 valence electrons. The number of aliphatic carboxylic acids is 1. The topological polar surface area (TPSA) is 70.1 Å². The maximum Gasteiger partial charge on any atom is 0.308 e. The van der Waals surface area contributed by atoms with Gasteiger partial charge in [0.1, 0.15) is 5.75 Å². The Bertz CT molecular complexity index is 928. The molecule has 2 aliphatic rings. The number of hydrogen-bond acceptors (Lipinski definition) is 4. The van der Waals surface area contributed by atoms with Crippen LogP contribution < -0.4 is 4.74 Å². The van der Waals surface area contributed by atoms with Gasteiger partial charge in [0.25, 0.3) is 0 Å². The van der Waals surface area contributed by atoms with Crippen molar-refractivity contribution in [3.05, 3.63) is 29.3 Å². The van der Waals surface area contributed by atoms with Crippen LogP contribution in [0.1, 0.15) is 76.3 Å². The molecule has 2 unspecified atom stereocenters. The minimum absolute atomic E-state index is 0.132. The lowest BCUT2D eigenvalue weighted by Crippen LogP contribution is -2.46. The highest BCUT2D eigenvalue weighted by atomic mass is 16.5. The number of rotatable bonds is 15. The first-order valence-corrected chi connectivity index (χ1v) is 14.8. The summed E-state index contributed by atoms with van der Waals surface area (Å²) in [6, 6.07) is 6.05. The fraction of sp³-hybridized carbons (Fsp3) is 0.742. The summed E-state index contributed by atoms with van der Waals surface area (Å²) in [5.74, 6) is 0.0648. The number of ether oxygens (including phenoxy) is 1. The molecule has 0 saturated carbocycles. The van der Waals surface area contributed by atoms with Crippen molar-refractivity contribution in [1.29, 1.82) is 0 Å². The Morgan fingerprint density at radius 2 is 1.89 bits per heavy atom. The lowest BCUT2D eigenvalue weighted by molar-refractivity contribution is -0.870. The zero-order valence-corrected chi connectivity index (χ0v) is 24.7. The Labute approximate surface area is 230 Å². The number of carbonyl (C=O) groups is 2. The Hall–Kier alpha value is -2.12. The predicted octanol–water partition coefficient (Wildman–Crippen LogP) is 4.64. The molecule has 0 aromatic heterocycles. The summed E-state index contributed by atoms with van der Waals surface area (Å²) in [6.45, 7) is 10.7. The minimum atomic E-state index is -0.749. The molecular weight excluding hydrogens is 478 g/mol. The van der Waals surface area contributed by atoms with Crippen LogP contribution >= 0.6 is 0 Å². The molecule has 1 N–H and O–H groups in total. The first kappa shape index (κ1) is 30.4. The van der Waals surface area contributed by atoms with Crippen molar-refractivity contribution in [1.82, 2.24) is 9.80 Å². The Balaban J connectivity index is 1.83. The maximum atomic E-state index is 13.7. The van der Waals surface area contributed by atoms with Gasteiger partial charge in [0.05, 0.1) is 46.8 Å². The van der Waals surface area contributed by atoms with E-state index < -0.39 is 11.9 Å². The molecule has 3 rings (SSSR count). The van der Waals surface area contributed by atoms with Gasteiger partial charge in [0, 0.05) is 44.4 Å². The second-order valence-corrected chi connectivity index (χ2v) is 12.7. The normalized spacial score (nSPS) is 22.2. The average molecular weight is 531 g/mol. The minimum Gasteiger partial charge on any atom is -0.493 e. The third-order valence-corrected chi connectivity index (χ3v) is 8.33. The van der Waals surface area contributed by atoms with Crippen molar-refractivity contribution in [2.75, 3.05) is 60.5 Å². The molecule has 1 aromatic rings. The fourth-order valence-electron chi connectivity index (χ4n) is 6.30. The summed E-state index contributed by atoms with van der Waals surface area (Å²) >= 11 is 0. The fourth-order valence-corrected chi connectivity index (χ4v) is 6.30. The van der Waals surface area contributed by atoms with E-state index >= 15 is 0 Å². The highest BCUT2D eigenvalue weighted by Crippen LogP contribution is 2.42. The third kappa shape index (κ3) is 8.19. The number of hydrogen-bond donors (Lipinski definition) is 1. The number of quaternary nitrogens is 1. The highest BCUT2D eigenvalue weighted by Gasteiger charge is 2.47. The van der Waals surface area contributed by atoms with Crippen molar-refractivity contribution < 1.29 is 23.9 Å². The smallest absolute Gasteiger partial charge is 0.308 e. The zero-order chi connectivity index (χ0) is 27.9. The number of unbranched alkanes of at least 4 members (excludes halogenated alkanes) is 1. The van der Waals surface area contributed by atoms with Crippen molar-refractivity contribution in [3.8, 4) is 5.75 Å². The molecule has 1 saturated heterocycles. The van der Waals surface area contributed by atoms with E-state index in [0.29, 0.717) is 25.6 Å². The predicted molar refractivity (Wildman–Crippen MR) is 153 cm³/mol. The molecule has 2 aliphatic heterocycles. The molecular formula is C31H52N3O4+. The van der Waals surface area contributed by atoms with Gasteiger partial charge < -0.3 is 19.2 Å². The summed E-state index contributed by atoms with van der Waals surface area (Å²) in [4.78, 5) is 30.7. The number of benzene rings is 1. The van der Waals surface area contributed by atoms with Crippen molar-refractivity contribution in [2.45, 2.75) is 77.7 Å². The van der Waals surface area contributed by atoms with Crippen LogP contribution in [0.3, 0.4) is 0 Å². The molecule has 38 heavy (non-hydrogen) atoms. The maximum absolute atomic E-state index is 13.7. The standard InChI is InChI=1S/C31H51N3O4/c1-7-9-15-32(16-10-17-34(4,5)6)29(35)22-33-21-26(24-12-13-28-25(20-24)14-18-38-28)30(31(36)37)27(33)19-23(3)11-8-2/h12-13,20,23,26-27,30H,7-11,14-19,21-22H2,1-6H3/p+1/t23?,26-,27+,30?/m1/s1. The molecule has 0 radical (unpaired) electrons. The molecule has 0 bridgehead atoms. The molecule has 0 aliphatic carbocycles. The van der Waals surface area contributed by atoms with Crippen LogP contribution in [-0.4, -0.2) is 97.8 Å². The molecule has 1 amide bonds. The summed E-state index contributed by atoms with van der Waals surface area (Å²) in [6.07, 6.45) is 6.82. The lowest BCUT2D eigenvalue weighted by Gasteiger charge is -2.32. The number of amides is 1. The molecule has 7 heteroatoms. The zero-order valence-electron chi connectivity index (χ0n) is 24.7. The van der Waals surface area contributed by atoms with E-state index in [1.54, 1.807) is 0 Å². The van der Waals surface area contributed by atoms with Gasteiger partial charge in [-0.15, -0.1) is 0 Å². The van der Waals surface area contributed by atoms with Gasteiger partial charge >= 0.3 is 5.97 Å². The number of carboxylic acid groups (broad SMARTS) is 1. The SMILES string of the molecule is CCCCN(CCC[N+](C)(C)C)C(=O)CN1C[C@H](c2ccc3c(c2)CCO3)C(C(=O)O)[C@@H]1CC(C)CCC. The molecule has 4 atom stereocenters. The van der Waals surface area contributed by atoms with Gasteiger partial charge in [-0.3, -0.25) is 14.5 Å². The molecule has 7 nitrogen and oxygen atoms in total. The monoisotopic (exact) mass is 530 g/mol. The van der Waals surface area contributed by atoms with Gasteiger partial charge in [-0.2, -0.15) is 0 Å². The van der Waals surface area contributed by atoms with Crippen LogP contribution in [0.2, 0.25) is 0 Å². The van der Waals surface area contributed by atoms with Crippen LogP contribution in [0.4, 0.5) is 0 Å². The number of carbonyl (C=O) groups excluding carboxylic acids is 1. The van der Waals surface area contributed by atoms with Gasteiger partial charge in [0.15, 0.2) is 0 Å². The van der Waals surface area contributed by atoms with E-state index in [1.165, 1.54) is 5.56 Å². The second kappa shape index (κ2) is 13.8. The quantitative estimate of drug-likeness (QED) is 0.335. The number of carboxylic acids is 1. The largest absolute Gasteiger partial charge is 0.493 e. The summed E-state index contributed by atoms with van der Waals surface area (Å²) in [5.41, 5.74) is 2.23. The van der Waals surface area contributed by atoms with E-state index in [0.717, 1.165) is 80.4 Å². The molecule has 2 heterocycles. The van der Waals surface area contributed by atoms with E-state index in [9.17, 15) is 14.7 Å². The van der Waals surface area contributed by atoms with Gasteiger partial charge in [-0.05, 0) is 36.0 Å². The number of nitrogens with zero attached hydrogens (tertiary/aromatic N) is 3. The summed E-state index contributed by atoms with van der Waals surface area (Å²) in [5, 5.41) is 10.5. The third-order valence-electron chi connectivity index (χ3n) is 8.33. The Morgan fingerprint density at radius 1 is 1.16 bits per heavy atom. The lowest BCUT2D eigenvalue weighted by atomic mass is 9.81. The second-order valence-electron chi connectivity index (χ2n) is 12.7. The van der Waals surface area contributed by atoms with Gasteiger partial charge in [-0.25, -0.2) is 0 Å². The Morgan fingerprint density at radius 3 is 2.55 bits per heavy atom. The van der Waals surface area contributed by atoms with Gasteiger partial charge in [-0.1, -0.05) is 52.2 Å². The van der Waals surface area contributed by atoms with Gasteiger partial charge in [0.2, 0.25) is 5.91 Å². The summed E-state index contributed by atoms with van der Waals surface area (Å²) < 4.78 is 6.58. The highest BCUT2D eigenvalue weighted by molar-refractivity contribution is 5.79. The van der Waals surface area contributed by atoms with E-state index in [2.05, 4.69) is 52.9 Å². The molecule has 0 spiro atoms. The van der Waals surface area contributed by atoms with Crippen LogP contribution in [-0.2, 0) is 16.0 Å². The van der Waals surface area contributed by atoms with Crippen molar-refractivity contribution >= 4 is 11.9 Å². The Kier molecular flexibility index (Phi) is 11.0. The number of fused-ring (bicyclic) bond motifs is 1. The summed E-state index contributed by atoms with van der Waals surface area (Å²) in [7, 11) is 6.55. The van der Waals surface area contributed by atoms with Crippen LogP contribution in [0.25, 0.3) is 0 Å². The van der Waals surface area contributed by atoms with E-state index in [-0.39, 0.29) is 17.9 Å². The van der Waals surface area contributed by atoms with E-state index in [1.807, 2.05) is 17.0 Å². The van der Waals surface area contributed by atoms with E-state index in [4.69, 9.17) is 4.74 Å². The van der Waals surface area contributed by atoms with Crippen molar-refractivity contribution in [2.24, 2.45) is 11.8 Å². The molecule has 1 fully saturated rings. The molecule has 1 aromatic carbocycles. The first-order chi connectivity index (χ1) is 18.0. The first-order valence-electron chi connectivity index (χ1n) is 14.8.